The van der Waals surface area contributed by atoms with Crippen LogP contribution >= 0.6 is 0 Å². The van der Waals surface area contributed by atoms with E-state index >= 15 is 0 Å². The Labute approximate surface area is 120 Å². The SMILES string of the molecule is COC1(CC(=O)N[C@H](CO)Cc2ccccc2)CCC1. The summed E-state index contributed by atoms with van der Waals surface area (Å²) in [4.78, 5) is 12.1. The van der Waals surface area contributed by atoms with E-state index in [1.807, 2.05) is 30.3 Å². The second-order valence-electron chi connectivity index (χ2n) is 5.55. The van der Waals surface area contributed by atoms with Crippen LogP contribution in [0, 0.1) is 0 Å². The largest absolute Gasteiger partial charge is 0.394 e. The number of methoxy groups -OCH3 is 1. The minimum Gasteiger partial charge on any atom is -0.394 e. The van der Waals surface area contributed by atoms with Gasteiger partial charge in [-0.25, -0.2) is 0 Å². The van der Waals surface area contributed by atoms with Crippen molar-refractivity contribution < 1.29 is 14.6 Å². The van der Waals surface area contributed by atoms with Crippen molar-refractivity contribution in [3.05, 3.63) is 35.9 Å². The molecule has 20 heavy (non-hydrogen) atoms. The molecule has 110 valence electrons. The van der Waals surface area contributed by atoms with E-state index in [-0.39, 0.29) is 24.2 Å². The van der Waals surface area contributed by atoms with E-state index in [1.54, 1.807) is 7.11 Å². The van der Waals surface area contributed by atoms with Crippen molar-refractivity contribution in [2.75, 3.05) is 13.7 Å². The minimum atomic E-state index is -0.267. The van der Waals surface area contributed by atoms with Crippen LogP contribution in [-0.2, 0) is 16.0 Å². The van der Waals surface area contributed by atoms with Crippen molar-refractivity contribution >= 4 is 5.91 Å². The maximum absolute atomic E-state index is 12.1. The first-order valence-electron chi connectivity index (χ1n) is 7.17. The minimum absolute atomic E-state index is 0.0402. The highest BCUT2D eigenvalue weighted by Crippen LogP contribution is 2.37. The van der Waals surface area contributed by atoms with Gasteiger partial charge in [-0.15, -0.1) is 0 Å². The van der Waals surface area contributed by atoms with Gasteiger partial charge in [-0.1, -0.05) is 30.3 Å². The van der Waals surface area contributed by atoms with E-state index in [9.17, 15) is 9.90 Å². The fourth-order valence-electron chi connectivity index (χ4n) is 2.66. The molecule has 4 heteroatoms. The quantitative estimate of drug-likeness (QED) is 0.797. The molecule has 1 aromatic carbocycles. The standard InChI is InChI=1S/C16H23NO3/c1-20-16(8-5-9-16)11-15(19)17-14(12-18)10-13-6-3-2-4-7-13/h2-4,6-7,14,18H,5,8-12H2,1H3,(H,17,19)/t14-/m0/s1. The second kappa shape index (κ2) is 6.86. The van der Waals surface area contributed by atoms with E-state index in [1.165, 1.54) is 0 Å². The Bertz CT molecular complexity index is 423. The summed E-state index contributed by atoms with van der Waals surface area (Å²) in [5.74, 6) is -0.0402. The number of hydrogen-bond donors (Lipinski definition) is 2. The molecule has 0 spiro atoms. The fraction of sp³-hybridized carbons (Fsp3) is 0.562. The van der Waals surface area contributed by atoms with Crippen LogP contribution in [-0.4, -0.2) is 36.4 Å². The van der Waals surface area contributed by atoms with Crippen LogP contribution in [0.15, 0.2) is 30.3 Å². The molecule has 0 saturated heterocycles. The molecule has 2 N–H and O–H groups in total. The fourth-order valence-corrected chi connectivity index (χ4v) is 2.66. The van der Waals surface area contributed by atoms with Crippen molar-refractivity contribution in [1.82, 2.24) is 5.32 Å². The third-order valence-corrected chi connectivity index (χ3v) is 4.09. The summed E-state index contributed by atoms with van der Waals surface area (Å²) in [6, 6.07) is 9.63. The lowest BCUT2D eigenvalue weighted by Gasteiger charge is -2.40. The van der Waals surface area contributed by atoms with Gasteiger partial charge in [0.05, 0.1) is 24.7 Å². The van der Waals surface area contributed by atoms with Crippen molar-refractivity contribution in [3.8, 4) is 0 Å². The molecule has 2 rings (SSSR count). The molecule has 4 nitrogen and oxygen atoms in total. The van der Waals surface area contributed by atoms with Crippen molar-refractivity contribution in [1.29, 1.82) is 0 Å². The van der Waals surface area contributed by atoms with Gasteiger partial charge in [-0.05, 0) is 31.2 Å². The van der Waals surface area contributed by atoms with Crippen LogP contribution in [0.3, 0.4) is 0 Å². The van der Waals surface area contributed by atoms with Gasteiger partial charge in [0.15, 0.2) is 0 Å². The molecule has 1 amide bonds. The van der Waals surface area contributed by atoms with E-state index in [2.05, 4.69) is 5.32 Å². The topological polar surface area (TPSA) is 58.6 Å². The lowest BCUT2D eigenvalue weighted by atomic mass is 9.77. The van der Waals surface area contributed by atoms with Crippen molar-refractivity contribution in [3.63, 3.8) is 0 Å². The predicted molar refractivity (Wildman–Crippen MR) is 77.4 cm³/mol. The van der Waals surface area contributed by atoms with Crippen LogP contribution in [0.4, 0.5) is 0 Å². The van der Waals surface area contributed by atoms with Gasteiger partial charge in [0.25, 0.3) is 0 Å². The highest BCUT2D eigenvalue weighted by atomic mass is 16.5. The smallest absolute Gasteiger partial charge is 0.223 e. The number of rotatable bonds is 7. The van der Waals surface area contributed by atoms with Crippen molar-refractivity contribution in [2.24, 2.45) is 0 Å². The Hall–Kier alpha value is -1.39. The molecule has 0 aliphatic heterocycles. The highest BCUT2D eigenvalue weighted by molar-refractivity contribution is 5.77. The molecular formula is C16H23NO3. The number of aliphatic hydroxyl groups excluding tert-OH is 1. The monoisotopic (exact) mass is 277 g/mol. The molecule has 0 heterocycles. The number of amides is 1. The predicted octanol–water partition coefficient (Wildman–Crippen LogP) is 1.67. The average Bonchev–Trinajstić information content (AvgIpc) is 2.43. The first-order chi connectivity index (χ1) is 9.67. The number of aliphatic hydroxyl groups is 1. The Balaban J connectivity index is 1.85. The third-order valence-electron chi connectivity index (χ3n) is 4.09. The summed E-state index contributed by atoms with van der Waals surface area (Å²) < 4.78 is 5.45. The van der Waals surface area contributed by atoms with E-state index in [0.29, 0.717) is 12.8 Å². The van der Waals surface area contributed by atoms with Gasteiger partial charge in [0.2, 0.25) is 5.91 Å². The maximum atomic E-state index is 12.1. The van der Waals surface area contributed by atoms with Crippen LogP contribution in [0.25, 0.3) is 0 Å². The van der Waals surface area contributed by atoms with Gasteiger partial charge in [-0.2, -0.15) is 0 Å². The van der Waals surface area contributed by atoms with Crippen LogP contribution in [0.1, 0.15) is 31.2 Å². The molecule has 0 unspecified atom stereocenters. The van der Waals surface area contributed by atoms with Gasteiger partial charge >= 0.3 is 0 Å². The number of benzene rings is 1. The zero-order chi connectivity index (χ0) is 14.4. The second-order valence-corrected chi connectivity index (χ2v) is 5.55. The molecular weight excluding hydrogens is 254 g/mol. The Morgan fingerprint density at radius 1 is 1.40 bits per heavy atom. The first-order valence-corrected chi connectivity index (χ1v) is 7.17. The van der Waals surface area contributed by atoms with Crippen LogP contribution < -0.4 is 5.32 Å². The highest BCUT2D eigenvalue weighted by Gasteiger charge is 2.39. The first kappa shape index (κ1) is 15.0. The van der Waals surface area contributed by atoms with Crippen LogP contribution in [0.5, 0.6) is 0 Å². The molecule has 0 bridgehead atoms. The normalized spacial score (nSPS) is 18.1. The summed E-state index contributed by atoms with van der Waals surface area (Å²) in [5, 5.41) is 12.3. The number of ether oxygens (including phenoxy) is 1. The summed E-state index contributed by atoms with van der Waals surface area (Å²) in [6.45, 7) is -0.0549. The summed E-state index contributed by atoms with van der Waals surface area (Å²) >= 11 is 0. The van der Waals surface area contributed by atoms with Gasteiger partial charge < -0.3 is 15.2 Å². The third kappa shape index (κ3) is 3.81. The Morgan fingerprint density at radius 2 is 2.10 bits per heavy atom. The molecule has 1 aliphatic carbocycles. The molecule has 0 radical (unpaired) electrons. The van der Waals surface area contributed by atoms with Crippen LogP contribution in [0.2, 0.25) is 0 Å². The van der Waals surface area contributed by atoms with E-state index in [4.69, 9.17) is 4.74 Å². The molecule has 1 atom stereocenters. The molecule has 0 aromatic heterocycles. The number of carbonyl (C=O) groups excluding carboxylic acids is 1. The summed E-state index contributed by atoms with van der Waals surface area (Å²) in [7, 11) is 1.67. The molecule has 1 aliphatic rings. The van der Waals surface area contributed by atoms with E-state index in [0.717, 1.165) is 24.8 Å². The van der Waals surface area contributed by atoms with E-state index < -0.39 is 0 Å². The number of nitrogens with one attached hydrogen (secondary N) is 1. The molecule has 1 fully saturated rings. The average molecular weight is 277 g/mol. The number of hydrogen-bond acceptors (Lipinski definition) is 3. The van der Waals surface area contributed by atoms with Crippen molar-refractivity contribution in [2.45, 2.75) is 43.7 Å². The lowest BCUT2D eigenvalue weighted by Crippen LogP contribution is -2.47. The Kier molecular flexibility index (Phi) is 5.15. The van der Waals surface area contributed by atoms with Gasteiger partial charge in [0, 0.05) is 7.11 Å². The van der Waals surface area contributed by atoms with Gasteiger partial charge in [0.1, 0.15) is 0 Å². The molecule has 1 aromatic rings. The zero-order valence-corrected chi connectivity index (χ0v) is 12.0. The zero-order valence-electron chi connectivity index (χ0n) is 12.0. The lowest BCUT2D eigenvalue weighted by molar-refractivity contribution is -0.135. The summed E-state index contributed by atoms with van der Waals surface area (Å²) in [6.07, 6.45) is 4.03. The molecule has 1 saturated carbocycles. The Morgan fingerprint density at radius 3 is 2.60 bits per heavy atom. The number of carbonyl (C=O) groups is 1. The maximum Gasteiger partial charge on any atom is 0.223 e. The van der Waals surface area contributed by atoms with Gasteiger partial charge in [-0.3, -0.25) is 4.79 Å². The summed E-state index contributed by atoms with van der Waals surface area (Å²) in [5.41, 5.74) is 0.841.